The normalized spacial score (nSPS) is 13.4. The quantitative estimate of drug-likeness (QED) is 0.646. The smallest absolute Gasteiger partial charge is 0.283 e. The van der Waals surface area contributed by atoms with Gasteiger partial charge in [0.2, 0.25) is 0 Å². The summed E-state index contributed by atoms with van der Waals surface area (Å²) < 4.78 is 0.464. The van der Waals surface area contributed by atoms with Gasteiger partial charge in [-0.2, -0.15) is 0 Å². The summed E-state index contributed by atoms with van der Waals surface area (Å²) in [6, 6.07) is 4.99. The first kappa shape index (κ1) is 15.1. The van der Waals surface area contributed by atoms with Crippen molar-refractivity contribution < 1.29 is 10.0 Å². The molecule has 0 spiro atoms. The highest BCUT2D eigenvalue weighted by atomic mass is 79.9. The minimum absolute atomic E-state index is 0.0455. The van der Waals surface area contributed by atoms with Crippen molar-refractivity contribution in [1.29, 1.82) is 0 Å². The minimum atomic E-state index is -0.511. The Morgan fingerprint density at radius 1 is 1.56 bits per heavy atom. The highest BCUT2D eigenvalue weighted by molar-refractivity contribution is 9.10. The lowest BCUT2D eigenvalue weighted by Gasteiger charge is -2.29. The van der Waals surface area contributed by atoms with Gasteiger partial charge in [0, 0.05) is 18.2 Å². The van der Waals surface area contributed by atoms with Gasteiger partial charge in [-0.3, -0.25) is 10.1 Å². The van der Waals surface area contributed by atoms with Gasteiger partial charge < -0.3 is 10.4 Å². The highest BCUT2D eigenvalue weighted by Crippen LogP contribution is 2.25. The molecule has 0 aliphatic rings. The fourth-order valence-corrected chi connectivity index (χ4v) is 1.68. The molecule has 0 saturated heterocycles. The fourth-order valence-electron chi connectivity index (χ4n) is 1.29. The summed E-state index contributed by atoms with van der Waals surface area (Å²) >= 11 is 3.14. The van der Waals surface area contributed by atoms with Gasteiger partial charge in [0.25, 0.3) is 5.69 Å². The third-order valence-corrected chi connectivity index (χ3v) is 3.67. The van der Waals surface area contributed by atoms with E-state index >= 15 is 0 Å². The minimum Gasteiger partial charge on any atom is -0.392 e. The molecule has 0 aromatic heterocycles. The van der Waals surface area contributed by atoms with E-state index in [9.17, 15) is 15.2 Å². The summed E-state index contributed by atoms with van der Waals surface area (Å²) in [5, 5.41) is 23.5. The van der Waals surface area contributed by atoms with E-state index in [1.54, 1.807) is 13.0 Å². The van der Waals surface area contributed by atoms with Crippen LogP contribution in [0.15, 0.2) is 22.7 Å². The Morgan fingerprint density at radius 2 is 2.17 bits per heavy atom. The van der Waals surface area contributed by atoms with Gasteiger partial charge in [-0.1, -0.05) is 6.07 Å². The molecule has 1 atom stereocenters. The summed E-state index contributed by atoms with van der Waals surface area (Å²) in [6.45, 7) is 5.93. The van der Waals surface area contributed by atoms with Crippen molar-refractivity contribution >= 4 is 21.6 Å². The molecular weight excluding hydrogens is 300 g/mol. The molecule has 1 unspecified atom stereocenters. The first-order chi connectivity index (χ1) is 8.24. The molecule has 5 nitrogen and oxygen atoms in total. The van der Waals surface area contributed by atoms with Crippen LogP contribution in [0.25, 0.3) is 0 Å². The number of nitro benzene ring substituents is 1. The van der Waals surface area contributed by atoms with Crippen LogP contribution in [0.3, 0.4) is 0 Å². The summed E-state index contributed by atoms with van der Waals surface area (Å²) in [7, 11) is 0. The van der Waals surface area contributed by atoms with Crippen LogP contribution in [0.1, 0.15) is 26.3 Å². The van der Waals surface area contributed by atoms with Crippen LogP contribution in [0, 0.1) is 10.1 Å². The second-order valence-electron chi connectivity index (χ2n) is 4.79. The molecule has 100 valence electrons. The van der Waals surface area contributed by atoms with Gasteiger partial charge >= 0.3 is 0 Å². The Kier molecular flexibility index (Phi) is 4.84. The Balaban J connectivity index is 2.81. The van der Waals surface area contributed by atoms with Crippen molar-refractivity contribution in [1.82, 2.24) is 5.32 Å². The zero-order chi connectivity index (χ0) is 13.9. The number of hydrogen-bond donors (Lipinski definition) is 2. The SMILES string of the molecule is CC(O)C(C)(C)NCc1ccc(Br)c([N+](=O)[O-])c1. The average Bonchev–Trinajstić information content (AvgIpc) is 2.27. The van der Waals surface area contributed by atoms with Crippen molar-refractivity contribution in [2.75, 3.05) is 0 Å². The Morgan fingerprint density at radius 3 is 2.67 bits per heavy atom. The van der Waals surface area contributed by atoms with Crippen molar-refractivity contribution in [3.8, 4) is 0 Å². The van der Waals surface area contributed by atoms with Gasteiger partial charge in [0.15, 0.2) is 0 Å². The molecule has 0 amide bonds. The largest absolute Gasteiger partial charge is 0.392 e. The van der Waals surface area contributed by atoms with Gasteiger partial charge in [-0.05, 0) is 48.3 Å². The monoisotopic (exact) mass is 316 g/mol. The molecule has 0 bridgehead atoms. The van der Waals surface area contributed by atoms with E-state index in [1.807, 2.05) is 19.9 Å². The predicted molar refractivity (Wildman–Crippen MR) is 73.4 cm³/mol. The summed E-state index contributed by atoms with van der Waals surface area (Å²) in [6.07, 6.45) is -0.511. The maximum atomic E-state index is 10.8. The van der Waals surface area contributed by atoms with Crippen LogP contribution >= 0.6 is 15.9 Å². The molecule has 0 aliphatic carbocycles. The lowest BCUT2D eigenvalue weighted by atomic mass is 9.98. The highest BCUT2D eigenvalue weighted by Gasteiger charge is 2.23. The summed E-state index contributed by atoms with van der Waals surface area (Å²) in [4.78, 5) is 10.4. The van der Waals surface area contributed by atoms with Crippen molar-refractivity contribution in [3.05, 3.63) is 38.3 Å². The van der Waals surface area contributed by atoms with Crippen LogP contribution < -0.4 is 5.32 Å². The third kappa shape index (κ3) is 3.76. The fraction of sp³-hybridized carbons (Fsp3) is 0.500. The molecule has 2 N–H and O–H groups in total. The molecule has 1 rings (SSSR count). The molecule has 0 heterocycles. The van der Waals surface area contributed by atoms with Crippen LogP contribution in [-0.4, -0.2) is 21.7 Å². The van der Waals surface area contributed by atoms with Gasteiger partial charge in [-0.25, -0.2) is 0 Å². The van der Waals surface area contributed by atoms with Gasteiger partial charge in [0.1, 0.15) is 0 Å². The maximum Gasteiger partial charge on any atom is 0.283 e. The van der Waals surface area contributed by atoms with Crippen LogP contribution in [0.5, 0.6) is 0 Å². The van der Waals surface area contributed by atoms with Crippen molar-refractivity contribution in [2.45, 2.75) is 39.0 Å². The standard InChI is InChI=1S/C12H17BrN2O3/c1-8(16)12(2,3)14-7-9-4-5-10(13)11(6-9)15(17)18/h4-6,8,14,16H,7H2,1-3H3. The van der Waals surface area contributed by atoms with Gasteiger partial charge in [0.05, 0.1) is 15.5 Å². The number of aliphatic hydroxyl groups is 1. The van der Waals surface area contributed by atoms with E-state index in [4.69, 9.17) is 0 Å². The maximum absolute atomic E-state index is 10.8. The predicted octanol–water partition coefficient (Wildman–Crippen LogP) is 2.61. The average molecular weight is 317 g/mol. The first-order valence-corrected chi connectivity index (χ1v) is 6.39. The van der Waals surface area contributed by atoms with E-state index in [1.165, 1.54) is 6.07 Å². The number of nitrogens with one attached hydrogen (secondary N) is 1. The number of rotatable bonds is 5. The number of hydrogen-bond acceptors (Lipinski definition) is 4. The Bertz CT molecular complexity index is 447. The summed E-state index contributed by atoms with van der Waals surface area (Å²) in [5.41, 5.74) is 0.407. The van der Waals surface area contributed by atoms with Crippen LogP contribution in [-0.2, 0) is 6.54 Å². The molecule has 0 fully saturated rings. The number of nitrogens with zero attached hydrogens (tertiary/aromatic N) is 1. The molecule has 0 saturated carbocycles. The van der Waals surface area contributed by atoms with Gasteiger partial charge in [-0.15, -0.1) is 0 Å². The molecule has 6 heteroatoms. The lowest BCUT2D eigenvalue weighted by Crippen LogP contribution is -2.47. The Labute approximate surface area is 114 Å². The molecule has 0 aliphatic heterocycles. The van der Waals surface area contributed by atoms with E-state index in [0.29, 0.717) is 11.0 Å². The zero-order valence-electron chi connectivity index (χ0n) is 10.6. The number of nitro groups is 1. The molecule has 0 radical (unpaired) electrons. The second-order valence-corrected chi connectivity index (χ2v) is 5.65. The number of aliphatic hydroxyl groups excluding tert-OH is 1. The number of benzene rings is 1. The van der Waals surface area contributed by atoms with Crippen LogP contribution in [0.4, 0.5) is 5.69 Å². The Hall–Kier alpha value is -0.980. The van der Waals surface area contributed by atoms with Crippen molar-refractivity contribution in [3.63, 3.8) is 0 Å². The number of halogens is 1. The lowest BCUT2D eigenvalue weighted by molar-refractivity contribution is -0.385. The molecule has 18 heavy (non-hydrogen) atoms. The molecular formula is C12H17BrN2O3. The first-order valence-electron chi connectivity index (χ1n) is 5.60. The third-order valence-electron chi connectivity index (χ3n) is 3.00. The van der Waals surface area contributed by atoms with E-state index in [-0.39, 0.29) is 5.69 Å². The van der Waals surface area contributed by atoms with E-state index in [0.717, 1.165) is 5.56 Å². The second kappa shape index (κ2) is 5.77. The topological polar surface area (TPSA) is 75.4 Å². The molecule has 1 aromatic carbocycles. The van der Waals surface area contributed by atoms with Crippen molar-refractivity contribution in [2.24, 2.45) is 0 Å². The zero-order valence-corrected chi connectivity index (χ0v) is 12.2. The molecule has 1 aromatic rings. The van der Waals surface area contributed by atoms with Crippen LogP contribution in [0.2, 0.25) is 0 Å². The van der Waals surface area contributed by atoms with E-state index < -0.39 is 16.6 Å². The van der Waals surface area contributed by atoms with E-state index in [2.05, 4.69) is 21.2 Å². The summed E-state index contributed by atoms with van der Waals surface area (Å²) in [5.74, 6) is 0.